The summed E-state index contributed by atoms with van der Waals surface area (Å²) in [7, 11) is 1.60. The molecule has 1 amide bonds. The van der Waals surface area contributed by atoms with Gasteiger partial charge in [-0.1, -0.05) is 25.1 Å². The Morgan fingerprint density at radius 3 is 2.75 bits per heavy atom. The van der Waals surface area contributed by atoms with E-state index in [1.54, 1.807) is 31.4 Å². The van der Waals surface area contributed by atoms with Gasteiger partial charge in [0.05, 0.1) is 7.11 Å². The second-order valence-electron chi connectivity index (χ2n) is 5.86. The number of carbonyl (C=O) groups is 1. The van der Waals surface area contributed by atoms with Gasteiger partial charge in [-0.05, 0) is 37.1 Å². The molecular weight excluding hydrogens is 306 g/mol. The van der Waals surface area contributed by atoms with E-state index < -0.39 is 0 Å². The predicted molar refractivity (Wildman–Crippen MR) is 91.2 cm³/mol. The van der Waals surface area contributed by atoms with Crippen LogP contribution in [0, 0.1) is 0 Å². The smallest absolute Gasteiger partial charge is 0.251 e. The Morgan fingerprint density at radius 1 is 1.42 bits per heavy atom. The second-order valence-corrected chi connectivity index (χ2v) is 5.86. The second kappa shape index (κ2) is 7.77. The molecule has 24 heavy (non-hydrogen) atoms. The summed E-state index contributed by atoms with van der Waals surface area (Å²) in [6.45, 7) is 9.50. The van der Waals surface area contributed by atoms with E-state index in [1.807, 2.05) is 20.8 Å². The lowest BCUT2D eigenvalue weighted by atomic mass is 10.1. The van der Waals surface area contributed by atoms with Crippen LogP contribution in [0.25, 0.3) is 0 Å². The number of ether oxygens (including phenoxy) is 1. The molecular formula is C18H23N3O3. The Kier molecular flexibility index (Phi) is 5.73. The first-order chi connectivity index (χ1) is 11.5. The molecule has 6 heteroatoms. The first kappa shape index (κ1) is 17.7. The minimum Gasteiger partial charge on any atom is -0.496 e. The number of hydrogen-bond acceptors (Lipinski definition) is 5. The fourth-order valence-electron chi connectivity index (χ4n) is 2.23. The molecule has 1 aromatic heterocycles. The Bertz CT molecular complexity index is 722. The SMILES string of the molecule is C=CCc1cc(C(=O)NC(C)c2nc(C(C)C)no2)ccc1OC. The van der Waals surface area contributed by atoms with Crippen molar-refractivity contribution in [2.45, 2.75) is 39.2 Å². The van der Waals surface area contributed by atoms with E-state index in [0.29, 0.717) is 23.7 Å². The van der Waals surface area contributed by atoms with Crippen molar-refractivity contribution in [3.05, 3.63) is 53.7 Å². The maximum atomic E-state index is 12.5. The molecule has 0 saturated carbocycles. The van der Waals surface area contributed by atoms with Gasteiger partial charge < -0.3 is 14.6 Å². The van der Waals surface area contributed by atoms with E-state index >= 15 is 0 Å². The highest BCUT2D eigenvalue weighted by Gasteiger charge is 2.19. The highest BCUT2D eigenvalue weighted by molar-refractivity contribution is 5.94. The third-order valence-electron chi connectivity index (χ3n) is 3.60. The van der Waals surface area contributed by atoms with Crippen molar-refractivity contribution in [2.75, 3.05) is 7.11 Å². The van der Waals surface area contributed by atoms with Crippen LogP contribution in [-0.4, -0.2) is 23.2 Å². The summed E-state index contributed by atoms with van der Waals surface area (Å²) in [4.78, 5) is 16.8. The number of nitrogens with zero attached hydrogens (tertiary/aromatic N) is 2. The Labute approximate surface area is 141 Å². The van der Waals surface area contributed by atoms with Crippen LogP contribution in [0.5, 0.6) is 5.75 Å². The average molecular weight is 329 g/mol. The topological polar surface area (TPSA) is 77.3 Å². The zero-order valence-electron chi connectivity index (χ0n) is 14.5. The molecule has 2 rings (SSSR count). The monoisotopic (exact) mass is 329 g/mol. The minimum atomic E-state index is -0.373. The van der Waals surface area contributed by atoms with Crippen molar-refractivity contribution in [1.82, 2.24) is 15.5 Å². The third-order valence-corrected chi connectivity index (χ3v) is 3.60. The Balaban J connectivity index is 2.13. The molecule has 0 aliphatic carbocycles. The Hall–Kier alpha value is -2.63. The summed E-state index contributed by atoms with van der Waals surface area (Å²) in [5.74, 6) is 1.72. The van der Waals surface area contributed by atoms with Crippen LogP contribution in [-0.2, 0) is 6.42 Å². The van der Waals surface area contributed by atoms with Gasteiger partial charge in [0.15, 0.2) is 5.82 Å². The molecule has 2 aromatic rings. The number of aromatic nitrogens is 2. The van der Waals surface area contributed by atoms with Gasteiger partial charge in [-0.2, -0.15) is 4.98 Å². The number of methoxy groups -OCH3 is 1. The Morgan fingerprint density at radius 2 is 2.17 bits per heavy atom. The first-order valence-electron chi connectivity index (χ1n) is 7.88. The minimum absolute atomic E-state index is 0.174. The van der Waals surface area contributed by atoms with E-state index in [1.165, 1.54) is 0 Å². The zero-order chi connectivity index (χ0) is 17.7. The van der Waals surface area contributed by atoms with E-state index in [0.717, 1.165) is 11.3 Å². The molecule has 6 nitrogen and oxygen atoms in total. The van der Waals surface area contributed by atoms with Gasteiger partial charge in [0.25, 0.3) is 5.91 Å². The lowest BCUT2D eigenvalue weighted by Gasteiger charge is -2.12. The number of amides is 1. The van der Waals surface area contributed by atoms with Crippen LogP contribution in [0.3, 0.4) is 0 Å². The highest BCUT2D eigenvalue weighted by Crippen LogP contribution is 2.21. The number of rotatable bonds is 7. The lowest BCUT2D eigenvalue weighted by molar-refractivity contribution is 0.0932. The van der Waals surface area contributed by atoms with E-state index in [4.69, 9.17) is 9.26 Å². The molecule has 0 saturated heterocycles. The fourth-order valence-corrected chi connectivity index (χ4v) is 2.23. The van der Waals surface area contributed by atoms with Crippen molar-refractivity contribution in [1.29, 1.82) is 0 Å². The third kappa shape index (κ3) is 4.01. The summed E-state index contributed by atoms with van der Waals surface area (Å²) >= 11 is 0. The number of hydrogen-bond donors (Lipinski definition) is 1. The summed E-state index contributed by atoms with van der Waals surface area (Å²) in [5.41, 5.74) is 1.45. The van der Waals surface area contributed by atoms with Crippen LogP contribution in [0.15, 0.2) is 35.4 Å². The molecule has 128 valence electrons. The van der Waals surface area contributed by atoms with Crippen molar-refractivity contribution in [3.63, 3.8) is 0 Å². The van der Waals surface area contributed by atoms with Gasteiger partial charge in [-0.3, -0.25) is 4.79 Å². The molecule has 0 aliphatic rings. The number of nitrogens with one attached hydrogen (secondary N) is 1. The lowest BCUT2D eigenvalue weighted by Crippen LogP contribution is -2.27. The maximum absolute atomic E-state index is 12.5. The number of benzene rings is 1. The van der Waals surface area contributed by atoms with Crippen LogP contribution < -0.4 is 10.1 Å². The molecule has 0 spiro atoms. The number of allylic oxidation sites excluding steroid dienone is 1. The maximum Gasteiger partial charge on any atom is 0.251 e. The first-order valence-corrected chi connectivity index (χ1v) is 7.88. The largest absolute Gasteiger partial charge is 0.496 e. The molecule has 0 aliphatic heterocycles. The van der Waals surface area contributed by atoms with Gasteiger partial charge in [-0.15, -0.1) is 6.58 Å². The normalized spacial score (nSPS) is 12.0. The molecule has 0 bridgehead atoms. The average Bonchev–Trinajstić information content (AvgIpc) is 3.05. The molecule has 1 atom stereocenters. The van der Waals surface area contributed by atoms with Gasteiger partial charge in [0.1, 0.15) is 11.8 Å². The molecule has 0 fully saturated rings. The fraction of sp³-hybridized carbons (Fsp3) is 0.389. The van der Waals surface area contributed by atoms with Crippen LogP contribution >= 0.6 is 0 Å². The predicted octanol–water partition coefficient (Wildman–Crippen LogP) is 3.42. The zero-order valence-corrected chi connectivity index (χ0v) is 14.5. The van der Waals surface area contributed by atoms with E-state index in [-0.39, 0.29) is 17.9 Å². The summed E-state index contributed by atoms with van der Waals surface area (Å²) < 4.78 is 10.5. The van der Waals surface area contributed by atoms with Gasteiger partial charge >= 0.3 is 0 Å². The van der Waals surface area contributed by atoms with Crippen molar-refractivity contribution in [2.24, 2.45) is 0 Å². The van der Waals surface area contributed by atoms with Gasteiger partial charge in [0.2, 0.25) is 5.89 Å². The molecule has 1 aromatic carbocycles. The molecule has 1 heterocycles. The summed E-state index contributed by atoms with van der Waals surface area (Å²) in [6, 6.07) is 4.93. The van der Waals surface area contributed by atoms with Crippen molar-refractivity contribution >= 4 is 5.91 Å². The van der Waals surface area contributed by atoms with Crippen LogP contribution in [0.1, 0.15) is 60.4 Å². The standard InChI is InChI=1S/C18H23N3O3/c1-6-7-13-10-14(8-9-15(13)23-5)17(22)19-12(4)18-20-16(11(2)3)21-24-18/h6,8-12H,1,7H2,2-5H3,(H,19,22). The molecule has 0 radical (unpaired) electrons. The van der Waals surface area contributed by atoms with Crippen LogP contribution in [0.2, 0.25) is 0 Å². The molecule has 1 N–H and O–H groups in total. The molecule has 1 unspecified atom stereocenters. The van der Waals surface area contributed by atoms with E-state index in [9.17, 15) is 4.79 Å². The van der Waals surface area contributed by atoms with Gasteiger partial charge in [-0.25, -0.2) is 0 Å². The number of carbonyl (C=O) groups excluding carboxylic acids is 1. The summed E-state index contributed by atoms with van der Waals surface area (Å²) in [5, 5.41) is 6.78. The van der Waals surface area contributed by atoms with Crippen molar-refractivity contribution < 1.29 is 14.1 Å². The van der Waals surface area contributed by atoms with Crippen LogP contribution in [0.4, 0.5) is 0 Å². The van der Waals surface area contributed by atoms with E-state index in [2.05, 4.69) is 22.0 Å². The summed E-state index contributed by atoms with van der Waals surface area (Å²) in [6.07, 6.45) is 2.40. The van der Waals surface area contributed by atoms with Crippen molar-refractivity contribution in [3.8, 4) is 5.75 Å². The quantitative estimate of drug-likeness (QED) is 0.788. The highest BCUT2D eigenvalue weighted by atomic mass is 16.5. The van der Waals surface area contributed by atoms with Gasteiger partial charge in [0, 0.05) is 11.5 Å².